The van der Waals surface area contributed by atoms with E-state index in [1.165, 1.54) is 0 Å². The largest absolute Gasteiger partial charge is 0.342 e. The molecule has 0 aliphatic carbocycles. The molecule has 1 fully saturated rings. The zero-order chi connectivity index (χ0) is 7.56. The lowest BCUT2D eigenvalue weighted by Crippen LogP contribution is -2.29. The summed E-state index contributed by atoms with van der Waals surface area (Å²) in [5.74, 6) is 0.732. The molecular weight excluding hydrogens is 128 g/mol. The minimum Gasteiger partial charge on any atom is -0.342 e. The Morgan fingerprint density at radius 1 is 1.70 bits per heavy atom. The molecule has 0 spiro atoms. The van der Waals surface area contributed by atoms with Gasteiger partial charge in [0.2, 0.25) is 5.91 Å². The summed E-state index contributed by atoms with van der Waals surface area (Å²) in [6, 6.07) is 0.0556. The number of carbonyl (C=O) groups excluding carboxylic acids is 1. The van der Waals surface area contributed by atoms with E-state index in [0.29, 0.717) is 12.6 Å². The van der Waals surface area contributed by atoms with Gasteiger partial charge in [-0.1, -0.05) is 13.8 Å². The topological polar surface area (TPSA) is 41.1 Å². The highest BCUT2D eigenvalue weighted by Crippen LogP contribution is 2.06. The fourth-order valence-corrected chi connectivity index (χ4v) is 1.14. The highest BCUT2D eigenvalue weighted by Gasteiger charge is 2.23. The van der Waals surface area contributed by atoms with Crippen LogP contribution in [0, 0.1) is 5.92 Å². The Balaban J connectivity index is 2.33. The molecule has 0 aromatic heterocycles. The van der Waals surface area contributed by atoms with Gasteiger partial charge in [-0.05, 0) is 12.3 Å². The van der Waals surface area contributed by atoms with Crippen LogP contribution < -0.4 is 10.6 Å². The average Bonchev–Trinajstić information content (AvgIpc) is 2.15. The van der Waals surface area contributed by atoms with Crippen LogP contribution in [0.2, 0.25) is 0 Å². The van der Waals surface area contributed by atoms with Gasteiger partial charge in [0.1, 0.15) is 0 Å². The van der Waals surface area contributed by atoms with Crippen LogP contribution in [-0.2, 0) is 4.79 Å². The predicted octanol–water partition coefficient (Wildman–Crippen LogP) is 0.0780. The van der Waals surface area contributed by atoms with E-state index in [4.69, 9.17) is 0 Å². The second-order valence-corrected chi connectivity index (χ2v) is 3.10. The van der Waals surface area contributed by atoms with E-state index < -0.39 is 0 Å². The molecule has 0 aromatic rings. The molecule has 0 saturated carbocycles. The molecule has 1 atom stereocenters. The lowest BCUT2D eigenvalue weighted by molar-refractivity contribution is -0.120. The first-order valence-electron chi connectivity index (χ1n) is 3.71. The molecule has 0 aromatic carbocycles. The first-order valence-corrected chi connectivity index (χ1v) is 3.71. The van der Waals surface area contributed by atoms with Gasteiger partial charge in [0.15, 0.2) is 0 Å². The maximum absolute atomic E-state index is 10.9. The maximum Gasteiger partial charge on any atom is 0.238 e. The van der Waals surface area contributed by atoms with Crippen molar-refractivity contribution in [1.29, 1.82) is 0 Å². The molecule has 1 rings (SSSR count). The highest BCUT2D eigenvalue weighted by molar-refractivity contribution is 5.83. The Hall–Kier alpha value is -0.570. The summed E-state index contributed by atoms with van der Waals surface area (Å²) in [6.07, 6.45) is 0.936. The minimum atomic E-state index is 0.0556. The number of amides is 1. The number of hydrogen-bond acceptors (Lipinski definition) is 2. The average molecular weight is 142 g/mol. The van der Waals surface area contributed by atoms with Gasteiger partial charge in [-0.15, -0.1) is 0 Å². The number of carbonyl (C=O) groups is 1. The molecule has 1 aliphatic rings. The molecule has 3 nitrogen and oxygen atoms in total. The molecule has 1 saturated heterocycles. The number of nitrogens with one attached hydrogen (secondary N) is 2. The third kappa shape index (κ3) is 1.70. The molecule has 1 amide bonds. The molecule has 3 heteroatoms. The number of hydrogen-bond donors (Lipinski definition) is 2. The molecule has 0 radical (unpaired) electrons. The Morgan fingerprint density at radius 3 is 2.80 bits per heavy atom. The lowest BCUT2D eigenvalue weighted by Gasteiger charge is -2.08. The van der Waals surface area contributed by atoms with Crippen molar-refractivity contribution in [2.24, 2.45) is 5.92 Å². The monoisotopic (exact) mass is 142 g/mol. The van der Waals surface area contributed by atoms with Crippen LogP contribution in [0.25, 0.3) is 0 Å². The van der Waals surface area contributed by atoms with Gasteiger partial charge in [0.25, 0.3) is 0 Å². The standard InChI is InChI=1S/C7H14N2O/c1-5(2)3-6-7(10)9-4-8-6/h5-6,8H,3-4H2,1-2H3,(H,9,10). The van der Waals surface area contributed by atoms with Crippen molar-refractivity contribution in [3.63, 3.8) is 0 Å². The van der Waals surface area contributed by atoms with Crippen LogP contribution in [0.15, 0.2) is 0 Å². The molecule has 10 heavy (non-hydrogen) atoms. The molecule has 58 valence electrons. The third-order valence-electron chi connectivity index (χ3n) is 1.63. The van der Waals surface area contributed by atoms with Gasteiger partial charge in [-0.3, -0.25) is 10.1 Å². The lowest BCUT2D eigenvalue weighted by atomic mass is 10.0. The second-order valence-electron chi connectivity index (χ2n) is 3.10. The summed E-state index contributed by atoms with van der Waals surface area (Å²) < 4.78 is 0. The first kappa shape index (κ1) is 7.54. The minimum absolute atomic E-state index is 0.0556. The normalized spacial score (nSPS) is 25.5. The van der Waals surface area contributed by atoms with Crippen LogP contribution >= 0.6 is 0 Å². The fraction of sp³-hybridized carbons (Fsp3) is 0.857. The van der Waals surface area contributed by atoms with Crippen LogP contribution in [0.3, 0.4) is 0 Å². The summed E-state index contributed by atoms with van der Waals surface area (Å²) in [6.45, 7) is 4.87. The van der Waals surface area contributed by atoms with Gasteiger partial charge in [0.05, 0.1) is 12.7 Å². The van der Waals surface area contributed by atoms with E-state index in [-0.39, 0.29) is 11.9 Å². The maximum atomic E-state index is 10.9. The van der Waals surface area contributed by atoms with Crippen LogP contribution in [0.5, 0.6) is 0 Å². The summed E-state index contributed by atoms with van der Waals surface area (Å²) in [5.41, 5.74) is 0. The Morgan fingerprint density at radius 2 is 2.40 bits per heavy atom. The second kappa shape index (κ2) is 3.01. The zero-order valence-corrected chi connectivity index (χ0v) is 6.48. The number of rotatable bonds is 2. The van der Waals surface area contributed by atoms with Crippen LogP contribution in [0.1, 0.15) is 20.3 Å². The van der Waals surface area contributed by atoms with E-state index in [0.717, 1.165) is 6.42 Å². The predicted molar refractivity (Wildman–Crippen MR) is 39.4 cm³/mol. The Labute approximate surface area is 61.2 Å². The van der Waals surface area contributed by atoms with Crippen molar-refractivity contribution in [2.45, 2.75) is 26.3 Å². The molecule has 2 N–H and O–H groups in total. The van der Waals surface area contributed by atoms with Crippen molar-refractivity contribution in [2.75, 3.05) is 6.67 Å². The molecule has 0 bridgehead atoms. The molecule has 1 heterocycles. The SMILES string of the molecule is CC(C)CC1NCNC1=O. The Kier molecular flexibility index (Phi) is 2.27. The van der Waals surface area contributed by atoms with Crippen molar-refractivity contribution in [3.05, 3.63) is 0 Å². The van der Waals surface area contributed by atoms with Gasteiger partial charge in [-0.25, -0.2) is 0 Å². The Bertz CT molecular complexity index is 134. The van der Waals surface area contributed by atoms with Crippen LogP contribution in [-0.4, -0.2) is 18.6 Å². The van der Waals surface area contributed by atoms with Gasteiger partial charge >= 0.3 is 0 Å². The van der Waals surface area contributed by atoms with Gasteiger partial charge < -0.3 is 5.32 Å². The summed E-state index contributed by atoms with van der Waals surface area (Å²) in [7, 11) is 0. The highest BCUT2D eigenvalue weighted by atomic mass is 16.2. The third-order valence-corrected chi connectivity index (χ3v) is 1.63. The van der Waals surface area contributed by atoms with Crippen molar-refractivity contribution in [1.82, 2.24) is 10.6 Å². The van der Waals surface area contributed by atoms with E-state index in [2.05, 4.69) is 24.5 Å². The van der Waals surface area contributed by atoms with Gasteiger partial charge in [-0.2, -0.15) is 0 Å². The molecule has 1 unspecified atom stereocenters. The molecule has 1 aliphatic heterocycles. The summed E-state index contributed by atoms with van der Waals surface area (Å²) in [5, 5.41) is 5.80. The van der Waals surface area contributed by atoms with Crippen molar-refractivity contribution in [3.8, 4) is 0 Å². The van der Waals surface area contributed by atoms with Crippen LogP contribution in [0.4, 0.5) is 0 Å². The molecular formula is C7H14N2O. The smallest absolute Gasteiger partial charge is 0.238 e. The van der Waals surface area contributed by atoms with Gasteiger partial charge in [0, 0.05) is 0 Å². The first-order chi connectivity index (χ1) is 4.70. The fourth-order valence-electron chi connectivity index (χ4n) is 1.14. The summed E-state index contributed by atoms with van der Waals surface area (Å²) >= 11 is 0. The quantitative estimate of drug-likeness (QED) is 0.573. The zero-order valence-electron chi connectivity index (χ0n) is 6.48. The van der Waals surface area contributed by atoms with E-state index in [9.17, 15) is 4.79 Å². The van der Waals surface area contributed by atoms with E-state index in [1.54, 1.807) is 0 Å². The van der Waals surface area contributed by atoms with E-state index >= 15 is 0 Å². The van der Waals surface area contributed by atoms with Crippen molar-refractivity contribution >= 4 is 5.91 Å². The van der Waals surface area contributed by atoms with Crippen molar-refractivity contribution < 1.29 is 4.79 Å². The van der Waals surface area contributed by atoms with E-state index in [1.807, 2.05) is 0 Å². The summed E-state index contributed by atoms with van der Waals surface area (Å²) in [4.78, 5) is 10.9.